The van der Waals surface area contributed by atoms with E-state index in [4.69, 9.17) is 9.47 Å². The van der Waals surface area contributed by atoms with Crippen LogP contribution in [0.3, 0.4) is 0 Å². The number of rotatable bonds is 7. The summed E-state index contributed by atoms with van der Waals surface area (Å²) in [6, 6.07) is 10.9. The van der Waals surface area contributed by atoms with Crippen LogP contribution in [-0.4, -0.2) is 81.0 Å². The van der Waals surface area contributed by atoms with Crippen molar-refractivity contribution in [1.29, 1.82) is 0 Å². The molecule has 0 saturated carbocycles. The zero-order valence-corrected chi connectivity index (χ0v) is 23.7. The first-order valence-corrected chi connectivity index (χ1v) is 14.2. The topological polar surface area (TPSA) is 139 Å². The van der Waals surface area contributed by atoms with E-state index in [-0.39, 0.29) is 17.9 Å². The zero-order valence-electron chi connectivity index (χ0n) is 23.7. The van der Waals surface area contributed by atoms with E-state index in [0.29, 0.717) is 23.1 Å². The van der Waals surface area contributed by atoms with Crippen molar-refractivity contribution >= 4 is 29.1 Å². The molecular formula is C30H36N8O4. The highest BCUT2D eigenvalue weighted by Gasteiger charge is 2.22. The Kier molecular flexibility index (Phi) is 9.44. The van der Waals surface area contributed by atoms with Gasteiger partial charge in [-0.05, 0) is 61.7 Å². The summed E-state index contributed by atoms with van der Waals surface area (Å²) in [4.78, 5) is 29.7. The van der Waals surface area contributed by atoms with Gasteiger partial charge in [0.15, 0.2) is 5.65 Å². The molecule has 0 unspecified atom stereocenters. The highest BCUT2D eigenvalue weighted by molar-refractivity contribution is 5.99. The van der Waals surface area contributed by atoms with E-state index in [1.165, 1.54) is 12.5 Å². The van der Waals surface area contributed by atoms with E-state index < -0.39 is 0 Å². The van der Waals surface area contributed by atoms with Gasteiger partial charge in [0.1, 0.15) is 6.10 Å². The molecule has 3 N–H and O–H groups in total. The van der Waals surface area contributed by atoms with Crippen molar-refractivity contribution in [3.05, 3.63) is 67.0 Å². The molecule has 0 radical (unpaired) electrons. The molecule has 4 aromatic rings. The van der Waals surface area contributed by atoms with Crippen LogP contribution in [0.15, 0.2) is 61.4 Å². The number of ether oxygens (including phenoxy) is 2. The minimum absolute atomic E-state index is 0.0706. The van der Waals surface area contributed by atoms with Crippen LogP contribution in [0.25, 0.3) is 16.8 Å². The van der Waals surface area contributed by atoms with Crippen molar-refractivity contribution in [3.8, 4) is 17.0 Å². The minimum Gasteiger partial charge on any atom is -0.474 e. The third kappa shape index (κ3) is 6.95. The predicted molar refractivity (Wildman–Crippen MR) is 160 cm³/mol. The lowest BCUT2D eigenvalue weighted by Gasteiger charge is -2.26. The number of carbonyl (C=O) groups excluding carboxylic acids is 2. The second-order valence-electron chi connectivity index (χ2n) is 10.0. The summed E-state index contributed by atoms with van der Waals surface area (Å²) in [5, 5.41) is 17.0. The summed E-state index contributed by atoms with van der Waals surface area (Å²) < 4.78 is 13.4. The number of nitrogens with one attached hydrogen (secondary N) is 3. The van der Waals surface area contributed by atoms with Gasteiger partial charge in [-0.2, -0.15) is 14.6 Å². The molecule has 2 aliphatic rings. The quantitative estimate of drug-likeness (QED) is 0.281. The normalized spacial score (nSPS) is 15.4. The summed E-state index contributed by atoms with van der Waals surface area (Å²) in [5.74, 6) is 1.06. The Morgan fingerprint density at radius 1 is 1.10 bits per heavy atom. The fourth-order valence-corrected chi connectivity index (χ4v) is 4.88. The summed E-state index contributed by atoms with van der Waals surface area (Å²) in [7, 11) is 1.80. The smallest absolute Gasteiger partial charge is 0.253 e. The van der Waals surface area contributed by atoms with Gasteiger partial charge in [-0.15, -0.1) is 5.10 Å². The summed E-state index contributed by atoms with van der Waals surface area (Å²) >= 11 is 0. The molecule has 42 heavy (non-hydrogen) atoms. The number of fused-ring (bicyclic) bond motifs is 1. The second-order valence-corrected chi connectivity index (χ2v) is 10.0. The number of likely N-dealkylation sites (tertiary alicyclic amines) is 1. The van der Waals surface area contributed by atoms with Crippen molar-refractivity contribution in [1.82, 2.24) is 29.7 Å². The number of amides is 2. The van der Waals surface area contributed by atoms with Gasteiger partial charge in [0.05, 0.1) is 19.4 Å². The van der Waals surface area contributed by atoms with Gasteiger partial charge in [0, 0.05) is 61.6 Å². The Morgan fingerprint density at radius 2 is 1.86 bits per heavy atom. The first kappa shape index (κ1) is 28.8. The SMILES string of the molecule is C=CC(=O)Nc1ccc(C(=O)N2CCCCC2)cc1.CNc1nc2ccc(-c3cn[nH]c3)c(OC3CCOCC3)n2n1. The van der Waals surface area contributed by atoms with Crippen LogP contribution in [0, 0.1) is 0 Å². The molecule has 2 saturated heterocycles. The average molecular weight is 573 g/mol. The number of hydrogen-bond donors (Lipinski definition) is 3. The number of piperidine rings is 1. The number of hydrogen-bond acceptors (Lipinski definition) is 8. The molecule has 0 bridgehead atoms. The van der Waals surface area contributed by atoms with Crippen LogP contribution in [-0.2, 0) is 9.53 Å². The lowest BCUT2D eigenvalue weighted by atomic mass is 10.1. The van der Waals surface area contributed by atoms with Crippen molar-refractivity contribution in [2.75, 3.05) is 44.0 Å². The summed E-state index contributed by atoms with van der Waals surface area (Å²) in [5.41, 5.74) is 3.96. The fourth-order valence-electron chi connectivity index (χ4n) is 4.88. The maximum absolute atomic E-state index is 12.2. The van der Waals surface area contributed by atoms with Crippen LogP contribution in [0.2, 0.25) is 0 Å². The van der Waals surface area contributed by atoms with Gasteiger partial charge < -0.3 is 25.0 Å². The third-order valence-corrected chi connectivity index (χ3v) is 7.16. The fraction of sp³-hybridized carbons (Fsp3) is 0.367. The molecule has 2 aliphatic heterocycles. The van der Waals surface area contributed by atoms with Gasteiger partial charge in [-0.25, -0.2) is 0 Å². The Labute approximate surface area is 244 Å². The highest BCUT2D eigenvalue weighted by atomic mass is 16.5. The molecule has 2 fully saturated rings. The van der Waals surface area contributed by atoms with Crippen LogP contribution in [0.1, 0.15) is 42.5 Å². The first-order chi connectivity index (χ1) is 20.6. The maximum Gasteiger partial charge on any atom is 0.253 e. The molecule has 0 spiro atoms. The van der Waals surface area contributed by atoms with Crippen LogP contribution >= 0.6 is 0 Å². The summed E-state index contributed by atoms with van der Waals surface area (Å²) in [6.45, 7) is 6.52. The number of pyridine rings is 1. The standard InChI is InChI=1S/C15H18N6O2.C15H18N2O2/c1-16-15-19-13-3-2-12(10-8-17-18-9-10)14(21(13)20-15)23-11-4-6-22-7-5-11;1-2-14(18)16-13-8-6-12(7-9-13)15(19)17-10-4-3-5-11-17/h2-3,8-9,11H,4-7H2,1H3,(H,16,20)(H,17,18);2,6-9H,1,3-5,10-11H2,(H,16,18). The van der Waals surface area contributed by atoms with E-state index in [0.717, 1.165) is 68.8 Å². The number of carbonyl (C=O) groups is 2. The van der Waals surface area contributed by atoms with Crippen LogP contribution < -0.4 is 15.4 Å². The van der Waals surface area contributed by atoms with Gasteiger partial charge in [-0.1, -0.05) is 6.58 Å². The molecule has 3 aromatic heterocycles. The molecule has 12 nitrogen and oxygen atoms in total. The molecule has 6 rings (SSSR count). The highest BCUT2D eigenvalue weighted by Crippen LogP contribution is 2.32. The lowest BCUT2D eigenvalue weighted by Crippen LogP contribution is -2.35. The van der Waals surface area contributed by atoms with E-state index in [2.05, 4.69) is 37.5 Å². The first-order valence-electron chi connectivity index (χ1n) is 14.2. The average Bonchev–Trinajstić information content (AvgIpc) is 3.73. The van der Waals surface area contributed by atoms with Crippen LogP contribution in [0.4, 0.5) is 11.6 Å². The number of nitrogens with zero attached hydrogens (tertiary/aromatic N) is 5. The number of H-pyrrole nitrogens is 1. The Hall–Kier alpha value is -4.71. The van der Waals surface area contributed by atoms with Crippen molar-refractivity contribution in [3.63, 3.8) is 0 Å². The van der Waals surface area contributed by atoms with Crippen molar-refractivity contribution in [2.45, 2.75) is 38.2 Å². The van der Waals surface area contributed by atoms with Gasteiger partial charge in [0.2, 0.25) is 17.7 Å². The molecule has 0 aliphatic carbocycles. The molecule has 5 heterocycles. The number of aromatic nitrogens is 5. The molecule has 220 valence electrons. The second kappa shape index (κ2) is 13.8. The maximum atomic E-state index is 12.2. The largest absolute Gasteiger partial charge is 0.474 e. The van der Waals surface area contributed by atoms with E-state index in [9.17, 15) is 9.59 Å². The summed E-state index contributed by atoms with van der Waals surface area (Å²) in [6.07, 6.45) is 10.1. The molecule has 12 heteroatoms. The Balaban J connectivity index is 0.000000172. The van der Waals surface area contributed by atoms with E-state index in [1.54, 1.807) is 42.0 Å². The predicted octanol–water partition coefficient (Wildman–Crippen LogP) is 4.16. The molecule has 1 aromatic carbocycles. The molecule has 2 amide bonds. The molecular weight excluding hydrogens is 536 g/mol. The van der Waals surface area contributed by atoms with Crippen molar-refractivity contribution < 1.29 is 19.1 Å². The van der Waals surface area contributed by atoms with E-state index >= 15 is 0 Å². The number of anilines is 2. The van der Waals surface area contributed by atoms with Crippen LogP contribution in [0.5, 0.6) is 5.88 Å². The number of benzene rings is 1. The van der Waals surface area contributed by atoms with E-state index in [1.807, 2.05) is 23.2 Å². The Morgan fingerprint density at radius 3 is 2.52 bits per heavy atom. The number of aromatic amines is 1. The van der Waals surface area contributed by atoms with Gasteiger partial charge in [0.25, 0.3) is 5.91 Å². The lowest BCUT2D eigenvalue weighted by molar-refractivity contribution is -0.111. The zero-order chi connectivity index (χ0) is 29.3. The van der Waals surface area contributed by atoms with Gasteiger partial charge in [-0.3, -0.25) is 14.7 Å². The Bertz CT molecular complexity index is 1490. The minimum atomic E-state index is -0.255. The van der Waals surface area contributed by atoms with Gasteiger partial charge >= 0.3 is 0 Å². The third-order valence-electron chi connectivity index (χ3n) is 7.16. The van der Waals surface area contributed by atoms with Crippen molar-refractivity contribution in [2.24, 2.45) is 0 Å². The monoisotopic (exact) mass is 572 g/mol. The molecule has 0 atom stereocenters.